The van der Waals surface area contributed by atoms with Crippen LogP contribution in [0.2, 0.25) is 0 Å². The number of primary amides is 1. The Kier molecular flexibility index (Phi) is 11.8. The number of nitrogens with one attached hydrogen (secondary N) is 5. The van der Waals surface area contributed by atoms with Crippen LogP contribution in [0.1, 0.15) is 41.8 Å². The van der Waals surface area contributed by atoms with Gasteiger partial charge in [0, 0.05) is 42.6 Å². The normalized spacial score (nSPS) is 13.1. The highest BCUT2D eigenvalue weighted by Gasteiger charge is 2.37. The van der Waals surface area contributed by atoms with Gasteiger partial charge >= 0.3 is 6.18 Å². The lowest BCUT2D eigenvalue weighted by atomic mass is 10.0. The predicted molar refractivity (Wildman–Crippen MR) is 171 cm³/mol. The number of rotatable bonds is 14. The maximum absolute atomic E-state index is 13.8. The molecule has 0 fully saturated rings. The minimum atomic E-state index is -4.80. The number of para-hydroxylation sites is 1. The summed E-state index contributed by atoms with van der Waals surface area (Å²) < 4.78 is 41.5. The van der Waals surface area contributed by atoms with Crippen LogP contribution in [-0.4, -0.2) is 80.8 Å². The van der Waals surface area contributed by atoms with Gasteiger partial charge in [-0.2, -0.15) is 13.2 Å². The van der Waals surface area contributed by atoms with Gasteiger partial charge in [-0.1, -0.05) is 32.0 Å². The fraction of sp³-hybridized carbons (Fsp3) is 0.406. The molecular weight excluding hydrogens is 619 g/mol. The van der Waals surface area contributed by atoms with E-state index in [1.807, 2.05) is 24.3 Å². The van der Waals surface area contributed by atoms with Gasteiger partial charge in [-0.25, -0.2) is 0 Å². The van der Waals surface area contributed by atoms with Gasteiger partial charge in [0.2, 0.25) is 23.6 Å². The number of nitrogens with two attached hydrogens (primary N) is 1. The summed E-state index contributed by atoms with van der Waals surface area (Å²) in [5, 5.41) is 10.8. The van der Waals surface area contributed by atoms with Gasteiger partial charge in [-0.15, -0.1) is 0 Å². The second kappa shape index (κ2) is 15.1. The first-order valence-electron chi connectivity index (χ1n) is 14.9. The van der Waals surface area contributed by atoms with Crippen molar-refractivity contribution in [2.45, 2.75) is 44.9 Å². The molecular formula is C32H41F3N7O5+. The summed E-state index contributed by atoms with van der Waals surface area (Å²) in [6, 6.07) is 8.38. The number of aromatic nitrogens is 1. The van der Waals surface area contributed by atoms with Gasteiger partial charge in [0.05, 0.1) is 38.8 Å². The second-order valence-electron chi connectivity index (χ2n) is 12.3. The number of amides is 5. The van der Waals surface area contributed by atoms with Crippen molar-refractivity contribution in [2.24, 2.45) is 11.7 Å². The number of alkyl halides is 3. The summed E-state index contributed by atoms with van der Waals surface area (Å²) in [5.74, 6) is -4.28. The van der Waals surface area contributed by atoms with Gasteiger partial charge in [0.25, 0.3) is 5.91 Å². The first-order valence-corrected chi connectivity index (χ1v) is 14.9. The van der Waals surface area contributed by atoms with E-state index in [4.69, 9.17) is 5.73 Å². The molecule has 12 nitrogen and oxygen atoms in total. The minimum absolute atomic E-state index is 0.0867. The summed E-state index contributed by atoms with van der Waals surface area (Å²) in [4.78, 5) is 66.2. The van der Waals surface area contributed by atoms with Crippen molar-refractivity contribution in [1.82, 2.24) is 30.7 Å². The second-order valence-corrected chi connectivity index (χ2v) is 12.3. The first-order chi connectivity index (χ1) is 21.9. The lowest BCUT2D eigenvalue weighted by Gasteiger charge is -2.26. The zero-order valence-corrected chi connectivity index (χ0v) is 26.9. The highest BCUT2D eigenvalue weighted by molar-refractivity contribution is 6.00. The van der Waals surface area contributed by atoms with Crippen LogP contribution < -0.4 is 31.5 Å². The molecule has 0 aliphatic rings. The number of halogens is 3. The van der Waals surface area contributed by atoms with E-state index in [9.17, 15) is 37.1 Å². The maximum Gasteiger partial charge on any atom is 0.417 e. The highest BCUT2D eigenvalue weighted by atomic mass is 19.4. The molecule has 0 spiro atoms. The van der Waals surface area contributed by atoms with E-state index in [0.717, 1.165) is 28.6 Å². The molecule has 0 unspecified atom stereocenters. The van der Waals surface area contributed by atoms with Gasteiger partial charge in [0.15, 0.2) is 0 Å². The fourth-order valence-electron chi connectivity index (χ4n) is 4.84. The molecule has 0 aliphatic heterocycles. The van der Waals surface area contributed by atoms with Crippen molar-refractivity contribution in [2.75, 3.05) is 34.2 Å². The Bertz CT molecular complexity index is 1630. The molecule has 3 rings (SSSR count). The maximum atomic E-state index is 13.8. The van der Waals surface area contributed by atoms with E-state index < -0.39 is 71.4 Å². The molecule has 47 heavy (non-hydrogen) atoms. The molecule has 7 N–H and O–H groups in total. The summed E-state index contributed by atoms with van der Waals surface area (Å²) >= 11 is 0. The molecule has 15 heteroatoms. The molecule has 1 heterocycles. The summed E-state index contributed by atoms with van der Waals surface area (Å²) in [5.41, 5.74) is 5.42. The first kappa shape index (κ1) is 36.5. The Balaban J connectivity index is 1.67. The van der Waals surface area contributed by atoms with Crippen LogP contribution >= 0.6 is 0 Å². The number of carbonyl (C=O) groups excluding carboxylic acids is 5. The third-order valence-corrected chi connectivity index (χ3v) is 7.40. The molecule has 254 valence electrons. The molecule has 0 saturated carbocycles. The molecule has 5 amide bonds. The SMILES string of the molecule is CC(C)[C@H](NC(=O)c1cc([N+](C)(C)C)ccc1C(F)(F)F)C(=O)NCCC(=O)N[C@@H](Cc1c[nH]c2ccccc12)C(=O)NCC(N)=O. The fourth-order valence-corrected chi connectivity index (χ4v) is 4.84. The Morgan fingerprint density at radius 3 is 2.23 bits per heavy atom. The van der Waals surface area contributed by atoms with Gasteiger partial charge in [-0.3, -0.25) is 28.5 Å². The van der Waals surface area contributed by atoms with Crippen LogP contribution in [0.4, 0.5) is 18.9 Å². The van der Waals surface area contributed by atoms with Crippen molar-refractivity contribution >= 4 is 46.1 Å². The number of H-pyrrole nitrogens is 1. The molecule has 3 aromatic rings. The number of benzene rings is 2. The monoisotopic (exact) mass is 660 g/mol. The molecule has 2 atom stereocenters. The number of hydrogen-bond donors (Lipinski definition) is 6. The Morgan fingerprint density at radius 1 is 0.936 bits per heavy atom. The third kappa shape index (κ3) is 10.0. The summed E-state index contributed by atoms with van der Waals surface area (Å²) in [7, 11) is 5.22. The largest absolute Gasteiger partial charge is 0.417 e. The summed E-state index contributed by atoms with van der Waals surface area (Å²) in [6.45, 7) is 2.60. The van der Waals surface area contributed by atoms with Crippen LogP contribution in [0.3, 0.4) is 0 Å². The molecule has 0 bridgehead atoms. The van der Waals surface area contributed by atoms with Crippen LogP contribution in [0.25, 0.3) is 10.9 Å². The van der Waals surface area contributed by atoms with E-state index in [0.29, 0.717) is 5.69 Å². The molecule has 1 aromatic heterocycles. The van der Waals surface area contributed by atoms with Crippen LogP contribution in [0.15, 0.2) is 48.7 Å². The molecule has 2 aromatic carbocycles. The summed E-state index contributed by atoms with van der Waals surface area (Å²) in [6.07, 6.45) is -3.27. The highest BCUT2D eigenvalue weighted by Crippen LogP contribution is 2.34. The van der Waals surface area contributed by atoms with Crippen LogP contribution in [0.5, 0.6) is 0 Å². The number of carbonyl (C=O) groups is 5. The Hall–Kier alpha value is -4.92. The number of nitrogens with zero attached hydrogens (tertiary/aromatic N) is 1. The van der Waals surface area contributed by atoms with Crippen LogP contribution in [-0.2, 0) is 31.8 Å². The number of aromatic amines is 1. The Labute approximate surface area is 270 Å². The van der Waals surface area contributed by atoms with Gasteiger partial charge in [-0.05, 0) is 29.7 Å². The number of fused-ring (bicyclic) bond motifs is 1. The number of hydrogen-bond acceptors (Lipinski definition) is 5. The van der Waals surface area contributed by atoms with Crippen LogP contribution in [0, 0.1) is 5.92 Å². The molecule has 0 radical (unpaired) electrons. The van der Waals surface area contributed by atoms with E-state index in [2.05, 4.69) is 26.3 Å². The predicted octanol–water partition coefficient (Wildman–Crippen LogP) is 1.97. The minimum Gasteiger partial charge on any atom is -0.368 e. The lowest BCUT2D eigenvalue weighted by Crippen LogP contribution is -2.51. The van der Waals surface area contributed by atoms with Gasteiger partial charge in [0.1, 0.15) is 17.8 Å². The van der Waals surface area contributed by atoms with E-state index >= 15 is 0 Å². The number of quaternary nitrogens is 1. The van der Waals surface area contributed by atoms with E-state index in [1.54, 1.807) is 41.2 Å². The van der Waals surface area contributed by atoms with Crippen molar-refractivity contribution < 1.29 is 37.1 Å². The smallest absolute Gasteiger partial charge is 0.368 e. The van der Waals surface area contributed by atoms with Gasteiger partial charge < -0.3 is 32.0 Å². The van der Waals surface area contributed by atoms with Crippen molar-refractivity contribution in [3.05, 3.63) is 65.4 Å². The molecule has 0 aliphatic carbocycles. The topological polar surface area (TPSA) is 175 Å². The average molecular weight is 661 g/mol. The zero-order chi connectivity index (χ0) is 35.1. The Morgan fingerprint density at radius 2 is 1.62 bits per heavy atom. The van der Waals surface area contributed by atoms with Crippen molar-refractivity contribution in [3.63, 3.8) is 0 Å². The lowest BCUT2D eigenvalue weighted by molar-refractivity contribution is -0.138. The molecule has 0 saturated heterocycles. The van der Waals surface area contributed by atoms with E-state index in [1.165, 1.54) is 6.07 Å². The standard InChI is InChI=1S/C32H40F3N7O5/c1-18(2)28(41-29(45)22-15-20(42(3,4)5)10-11-23(22)32(33,34)35)31(47)37-13-12-27(44)40-25(30(46)39-17-26(36)43)14-19-16-38-24-9-7-6-8-21(19)24/h6-11,15-16,18,25,28,38H,12-14,17H2,1-5H3,(H5-,36,37,39,40,41,43,44,45,46,47)/p+1/t25-,28-/m0/s1. The third-order valence-electron chi connectivity index (χ3n) is 7.40. The quantitative estimate of drug-likeness (QED) is 0.145. The average Bonchev–Trinajstić information content (AvgIpc) is 3.39. The zero-order valence-electron chi connectivity index (χ0n) is 26.9. The van der Waals surface area contributed by atoms with E-state index in [-0.39, 0.29) is 23.9 Å². The van der Waals surface area contributed by atoms with Crippen molar-refractivity contribution in [1.29, 1.82) is 0 Å². The van der Waals surface area contributed by atoms with Crippen molar-refractivity contribution in [3.8, 4) is 0 Å².